The molecule has 1 aliphatic rings. The Labute approximate surface area is 118 Å². The first-order chi connectivity index (χ1) is 9.52. The maximum absolute atomic E-state index is 11.6. The zero-order valence-corrected chi connectivity index (χ0v) is 12.0. The Morgan fingerprint density at radius 2 is 1.90 bits per heavy atom. The SMILES string of the molecule is CC(=O)NCCOCCOCCN1C(=O)CC(C)C1=O. The van der Waals surface area contributed by atoms with Crippen molar-refractivity contribution >= 4 is 17.7 Å². The number of likely N-dealkylation sites (tertiary alicyclic amines) is 1. The summed E-state index contributed by atoms with van der Waals surface area (Å²) >= 11 is 0. The average molecular weight is 286 g/mol. The highest BCUT2D eigenvalue weighted by Gasteiger charge is 2.34. The van der Waals surface area contributed by atoms with Crippen molar-refractivity contribution in [1.82, 2.24) is 10.2 Å². The molecule has 7 heteroatoms. The molecule has 0 aromatic rings. The van der Waals surface area contributed by atoms with E-state index in [4.69, 9.17) is 9.47 Å². The number of amides is 3. The maximum Gasteiger partial charge on any atom is 0.232 e. The molecule has 1 aliphatic heterocycles. The first kappa shape index (κ1) is 16.6. The van der Waals surface area contributed by atoms with E-state index in [1.54, 1.807) is 6.92 Å². The van der Waals surface area contributed by atoms with Gasteiger partial charge in [-0.1, -0.05) is 6.92 Å². The molecule has 0 aromatic heterocycles. The van der Waals surface area contributed by atoms with Gasteiger partial charge in [0.1, 0.15) is 0 Å². The Morgan fingerprint density at radius 1 is 1.25 bits per heavy atom. The van der Waals surface area contributed by atoms with Gasteiger partial charge in [-0.25, -0.2) is 0 Å². The number of ether oxygens (including phenoxy) is 2. The molecule has 0 saturated carbocycles. The van der Waals surface area contributed by atoms with Crippen LogP contribution in [0.15, 0.2) is 0 Å². The van der Waals surface area contributed by atoms with Crippen molar-refractivity contribution in [1.29, 1.82) is 0 Å². The number of hydrogen-bond acceptors (Lipinski definition) is 5. The molecule has 0 radical (unpaired) electrons. The minimum Gasteiger partial charge on any atom is -0.377 e. The fourth-order valence-corrected chi connectivity index (χ4v) is 1.86. The molecule has 0 aromatic carbocycles. The van der Waals surface area contributed by atoms with Gasteiger partial charge in [-0.15, -0.1) is 0 Å². The van der Waals surface area contributed by atoms with E-state index in [2.05, 4.69) is 5.32 Å². The molecule has 1 unspecified atom stereocenters. The highest BCUT2D eigenvalue weighted by Crippen LogP contribution is 2.17. The molecule has 1 saturated heterocycles. The van der Waals surface area contributed by atoms with Gasteiger partial charge < -0.3 is 14.8 Å². The molecule has 1 heterocycles. The summed E-state index contributed by atoms with van der Waals surface area (Å²) in [6, 6.07) is 0. The van der Waals surface area contributed by atoms with Crippen LogP contribution in [0, 0.1) is 5.92 Å². The van der Waals surface area contributed by atoms with Crippen molar-refractivity contribution in [3.63, 3.8) is 0 Å². The molecular formula is C13H22N2O5. The molecule has 20 heavy (non-hydrogen) atoms. The van der Waals surface area contributed by atoms with Gasteiger partial charge in [0, 0.05) is 25.8 Å². The van der Waals surface area contributed by atoms with Crippen molar-refractivity contribution < 1.29 is 23.9 Å². The monoisotopic (exact) mass is 286 g/mol. The van der Waals surface area contributed by atoms with Crippen LogP contribution in [0.4, 0.5) is 0 Å². The van der Waals surface area contributed by atoms with Gasteiger partial charge in [0.15, 0.2) is 0 Å². The van der Waals surface area contributed by atoms with E-state index in [0.29, 0.717) is 45.9 Å². The van der Waals surface area contributed by atoms with E-state index < -0.39 is 0 Å². The first-order valence-electron chi connectivity index (χ1n) is 6.76. The Morgan fingerprint density at radius 3 is 2.45 bits per heavy atom. The molecule has 7 nitrogen and oxygen atoms in total. The predicted octanol–water partition coefficient (Wildman–Crippen LogP) is -0.449. The van der Waals surface area contributed by atoms with Crippen LogP contribution in [0.2, 0.25) is 0 Å². The number of carbonyl (C=O) groups is 3. The standard InChI is InChI=1S/C13H22N2O5/c1-10-9-12(17)15(13(10)18)4-6-20-8-7-19-5-3-14-11(2)16/h10H,3-9H2,1-2H3,(H,14,16). The van der Waals surface area contributed by atoms with E-state index in [1.807, 2.05) is 0 Å². The summed E-state index contributed by atoms with van der Waals surface area (Å²) in [6.07, 6.45) is 0.297. The minimum atomic E-state index is -0.209. The van der Waals surface area contributed by atoms with Gasteiger partial charge in [-0.2, -0.15) is 0 Å². The first-order valence-corrected chi connectivity index (χ1v) is 6.76. The van der Waals surface area contributed by atoms with E-state index in [1.165, 1.54) is 11.8 Å². The van der Waals surface area contributed by atoms with Crippen molar-refractivity contribution in [2.45, 2.75) is 20.3 Å². The van der Waals surface area contributed by atoms with Gasteiger partial charge >= 0.3 is 0 Å². The van der Waals surface area contributed by atoms with Crippen LogP contribution in [0.3, 0.4) is 0 Å². The minimum absolute atomic E-state index is 0.0842. The fourth-order valence-electron chi connectivity index (χ4n) is 1.86. The number of hydrogen-bond donors (Lipinski definition) is 1. The lowest BCUT2D eigenvalue weighted by molar-refractivity contribution is -0.140. The average Bonchev–Trinajstić information content (AvgIpc) is 2.62. The van der Waals surface area contributed by atoms with Crippen molar-refractivity contribution in [2.75, 3.05) is 39.5 Å². The molecule has 1 atom stereocenters. The second-order valence-electron chi connectivity index (χ2n) is 4.70. The zero-order valence-electron chi connectivity index (χ0n) is 12.0. The summed E-state index contributed by atoms with van der Waals surface area (Å²) in [5.74, 6) is -0.540. The second kappa shape index (κ2) is 8.65. The Balaban J connectivity index is 1.96. The van der Waals surface area contributed by atoms with Crippen LogP contribution in [0.5, 0.6) is 0 Å². The van der Waals surface area contributed by atoms with Crippen LogP contribution in [-0.4, -0.2) is 62.1 Å². The summed E-state index contributed by atoms with van der Waals surface area (Å²) in [5.41, 5.74) is 0. The van der Waals surface area contributed by atoms with Gasteiger partial charge in [-0.3, -0.25) is 19.3 Å². The lowest BCUT2D eigenvalue weighted by Crippen LogP contribution is -2.33. The summed E-state index contributed by atoms with van der Waals surface area (Å²) in [5, 5.41) is 2.61. The summed E-state index contributed by atoms with van der Waals surface area (Å²) < 4.78 is 10.5. The van der Waals surface area contributed by atoms with Crippen LogP contribution in [-0.2, 0) is 23.9 Å². The number of nitrogens with one attached hydrogen (secondary N) is 1. The lowest BCUT2D eigenvalue weighted by Gasteiger charge is -2.14. The van der Waals surface area contributed by atoms with Crippen molar-refractivity contribution in [3.8, 4) is 0 Å². The van der Waals surface area contributed by atoms with E-state index in [-0.39, 0.29) is 23.6 Å². The third kappa shape index (κ3) is 5.66. The van der Waals surface area contributed by atoms with E-state index >= 15 is 0 Å². The molecule has 1 rings (SSSR count). The molecule has 114 valence electrons. The smallest absolute Gasteiger partial charge is 0.232 e. The Kier molecular flexibility index (Phi) is 7.17. The van der Waals surface area contributed by atoms with Crippen LogP contribution < -0.4 is 5.32 Å². The third-order valence-electron chi connectivity index (χ3n) is 2.92. The molecule has 0 bridgehead atoms. The van der Waals surface area contributed by atoms with Crippen molar-refractivity contribution in [2.24, 2.45) is 5.92 Å². The lowest BCUT2D eigenvalue weighted by atomic mass is 10.1. The maximum atomic E-state index is 11.6. The molecule has 0 aliphatic carbocycles. The molecule has 0 spiro atoms. The number of rotatable bonds is 9. The van der Waals surface area contributed by atoms with Gasteiger partial charge in [0.25, 0.3) is 0 Å². The normalized spacial score (nSPS) is 18.7. The second-order valence-corrected chi connectivity index (χ2v) is 4.70. The third-order valence-corrected chi connectivity index (χ3v) is 2.92. The molecule has 1 fully saturated rings. The largest absolute Gasteiger partial charge is 0.377 e. The molecule has 3 amide bonds. The predicted molar refractivity (Wildman–Crippen MR) is 70.8 cm³/mol. The number of imide groups is 1. The van der Waals surface area contributed by atoms with Gasteiger partial charge in [-0.05, 0) is 0 Å². The highest BCUT2D eigenvalue weighted by molar-refractivity contribution is 6.03. The van der Waals surface area contributed by atoms with Crippen LogP contribution >= 0.6 is 0 Å². The van der Waals surface area contributed by atoms with E-state index in [0.717, 1.165) is 0 Å². The van der Waals surface area contributed by atoms with Crippen LogP contribution in [0.1, 0.15) is 20.3 Å². The van der Waals surface area contributed by atoms with Gasteiger partial charge in [0.2, 0.25) is 17.7 Å². The van der Waals surface area contributed by atoms with Crippen LogP contribution in [0.25, 0.3) is 0 Å². The topological polar surface area (TPSA) is 84.9 Å². The van der Waals surface area contributed by atoms with E-state index in [9.17, 15) is 14.4 Å². The zero-order chi connectivity index (χ0) is 15.0. The molecule has 1 N–H and O–H groups in total. The Bertz CT molecular complexity index is 359. The summed E-state index contributed by atoms with van der Waals surface area (Å²) in [4.78, 5) is 34.9. The van der Waals surface area contributed by atoms with Gasteiger partial charge in [0.05, 0.1) is 33.0 Å². The number of nitrogens with zero attached hydrogens (tertiary/aromatic N) is 1. The number of carbonyl (C=O) groups excluding carboxylic acids is 3. The highest BCUT2D eigenvalue weighted by atomic mass is 16.5. The van der Waals surface area contributed by atoms with Crippen molar-refractivity contribution in [3.05, 3.63) is 0 Å². The molecular weight excluding hydrogens is 264 g/mol. The fraction of sp³-hybridized carbons (Fsp3) is 0.769. The summed E-state index contributed by atoms with van der Waals surface area (Å²) in [6.45, 7) is 5.54. The Hall–Kier alpha value is -1.47. The quantitative estimate of drug-likeness (QED) is 0.458. The summed E-state index contributed by atoms with van der Waals surface area (Å²) in [7, 11) is 0.